The molecule has 2 rings (SSSR count). The molecule has 0 saturated heterocycles. The topological polar surface area (TPSA) is 66.0 Å². The molecule has 1 heterocycles. The van der Waals surface area contributed by atoms with Gasteiger partial charge in [-0.2, -0.15) is 0 Å². The first-order chi connectivity index (χ1) is 10.2. The summed E-state index contributed by atoms with van der Waals surface area (Å²) in [5.41, 5.74) is 7.51. The van der Waals surface area contributed by atoms with E-state index in [1.165, 1.54) is 0 Å². The summed E-state index contributed by atoms with van der Waals surface area (Å²) in [6.45, 7) is 2.28. The summed E-state index contributed by atoms with van der Waals surface area (Å²) in [7, 11) is 3.61. The molecule has 0 saturated carbocycles. The van der Waals surface area contributed by atoms with Gasteiger partial charge in [0, 0.05) is 18.4 Å². The maximum absolute atomic E-state index is 5.45. The lowest BCUT2D eigenvalue weighted by molar-refractivity contribution is 0.414. The molecule has 0 aliphatic heterocycles. The van der Waals surface area contributed by atoms with Crippen LogP contribution in [0.2, 0.25) is 0 Å². The third-order valence-electron chi connectivity index (χ3n) is 3.05. The van der Waals surface area contributed by atoms with Crippen molar-refractivity contribution >= 4 is 11.8 Å². The summed E-state index contributed by atoms with van der Waals surface area (Å²) in [6.07, 6.45) is 0. The van der Waals surface area contributed by atoms with Gasteiger partial charge in [-0.15, -0.1) is 10.2 Å². The van der Waals surface area contributed by atoms with Crippen molar-refractivity contribution in [3.8, 4) is 17.6 Å². The van der Waals surface area contributed by atoms with Gasteiger partial charge in [-0.3, -0.25) is 0 Å². The molecule has 5 nitrogen and oxygen atoms in total. The third kappa shape index (κ3) is 3.78. The zero-order valence-corrected chi connectivity index (χ0v) is 13.2. The third-order valence-corrected chi connectivity index (χ3v) is 4.12. The number of ether oxygens (including phenoxy) is 1. The molecule has 2 N–H and O–H groups in total. The molecule has 2 aromatic rings. The zero-order chi connectivity index (χ0) is 15.2. The molecule has 1 aromatic carbocycles. The first-order valence-corrected chi connectivity index (χ1v) is 7.49. The molecule has 21 heavy (non-hydrogen) atoms. The van der Waals surface area contributed by atoms with Crippen molar-refractivity contribution in [3.05, 3.63) is 35.2 Å². The summed E-state index contributed by atoms with van der Waals surface area (Å²) >= 11 is 1.62. The van der Waals surface area contributed by atoms with E-state index in [1.54, 1.807) is 18.9 Å². The number of hydrogen-bond donors (Lipinski definition) is 1. The van der Waals surface area contributed by atoms with Gasteiger partial charge < -0.3 is 15.0 Å². The number of nitrogens with two attached hydrogens (primary N) is 1. The number of rotatable bonds is 4. The molecular weight excluding hydrogens is 284 g/mol. The van der Waals surface area contributed by atoms with E-state index < -0.39 is 0 Å². The first kappa shape index (κ1) is 15.4. The summed E-state index contributed by atoms with van der Waals surface area (Å²) in [5.74, 6) is 8.44. The van der Waals surface area contributed by atoms with E-state index in [4.69, 9.17) is 10.5 Å². The number of aryl methyl sites for hydroxylation is 1. The lowest BCUT2D eigenvalue weighted by Crippen LogP contribution is -1.96. The van der Waals surface area contributed by atoms with Crippen molar-refractivity contribution in [2.45, 2.75) is 17.8 Å². The van der Waals surface area contributed by atoms with E-state index in [9.17, 15) is 0 Å². The molecule has 0 radical (unpaired) electrons. The molecule has 0 amide bonds. The lowest BCUT2D eigenvalue weighted by Gasteiger charge is -2.07. The minimum atomic E-state index is 0.348. The number of nitrogens with zero attached hydrogens (tertiary/aromatic N) is 3. The van der Waals surface area contributed by atoms with Crippen LogP contribution in [-0.4, -0.2) is 28.4 Å². The SMILES string of the molecule is COc1ccc(C#CCN)c(CSc2nnc(C)n2C)c1. The summed E-state index contributed by atoms with van der Waals surface area (Å²) in [6, 6.07) is 5.86. The average molecular weight is 302 g/mol. The Balaban J connectivity index is 2.22. The Bertz CT molecular complexity index is 685. The van der Waals surface area contributed by atoms with Gasteiger partial charge in [0.05, 0.1) is 13.7 Å². The first-order valence-electron chi connectivity index (χ1n) is 6.50. The summed E-state index contributed by atoms with van der Waals surface area (Å²) in [5, 5.41) is 9.09. The number of aromatic nitrogens is 3. The van der Waals surface area contributed by atoms with Crippen LogP contribution in [0, 0.1) is 18.8 Å². The van der Waals surface area contributed by atoms with Crippen molar-refractivity contribution in [1.29, 1.82) is 0 Å². The highest BCUT2D eigenvalue weighted by molar-refractivity contribution is 7.98. The molecular formula is C15H18N4OS. The second kappa shape index (κ2) is 7.16. The monoisotopic (exact) mass is 302 g/mol. The second-order valence-corrected chi connectivity index (χ2v) is 5.35. The summed E-state index contributed by atoms with van der Waals surface area (Å²) in [4.78, 5) is 0. The van der Waals surface area contributed by atoms with Crippen LogP contribution in [-0.2, 0) is 12.8 Å². The highest BCUT2D eigenvalue weighted by Crippen LogP contribution is 2.25. The number of methoxy groups -OCH3 is 1. The highest BCUT2D eigenvalue weighted by Gasteiger charge is 2.08. The smallest absolute Gasteiger partial charge is 0.191 e. The highest BCUT2D eigenvalue weighted by atomic mass is 32.2. The molecule has 0 fully saturated rings. The standard InChI is InChI=1S/C15H18N4OS/c1-11-17-18-15(19(11)2)21-10-13-9-14(20-3)7-6-12(13)5-4-8-16/h6-7,9H,8,10,16H2,1-3H3. The van der Waals surface area contributed by atoms with Gasteiger partial charge >= 0.3 is 0 Å². The van der Waals surface area contributed by atoms with Crippen molar-refractivity contribution in [1.82, 2.24) is 14.8 Å². The molecule has 0 aliphatic rings. The van der Waals surface area contributed by atoms with Crippen molar-refractivity contribution in [2.24, 2.45) is 12.8 Å². The van der Waals surface area contributed by atoms with E-state index in [0.29, 0.717) is 6.54 Å². The van der Waals surface area contributed by atoms with Crippen LogP contribution in [0.4, 0.5) is 0 Å². The quantitative estimate of drug-likeness (QED) is 0.688. The average Bonchev–Trinajstić information content (AvgIpc) is 2.83. The predicted molar refractivity (Wildman–Crippen MR) is 84.2 cm³/mol. The van der Waals surface area contributed by atoms with E-state index in [1.807, 2.05) is 36.7 Å². The number of hydrogen-bond acceptors (Lipinski definition) is 5. The fourth-order valence-electron chi connectivity index (χ4n) is 1.74. The summed E-state index contributed by atoms with van der Waals surface area (Å²) < 4.78 is 7.25. The van der Waals surface area contributed by atoms with Crippen molar-refractivity contribution in [3.63, 3.8) is 0 Å². The van der Waals surface area contributed by atoms with Gasteiger partial charge in [0.1, 0.15) is 11.6 Å². The van der Waals surface area contributed by atoms with E-state index >= 15 is 0 Å². The predicted octanol–water partition coefficient (Wildman–Crippen LogP) is 1.73. The maximum Gasteiger partial charge on any atom is 0.191 e. The van der Waals surface area contributed by atoms with Crippen molar-refractivity contribution in [2.75, 3.05) is 13.7 Å². The van der Waals surface area contributed by atoms with E-state index in [0.717, 1.165) is 33.6 Å². The Hall–Kier alpha value is -1.97. The number of benzene rings is 1. The van der Waals surface area contributed by atoms with Crippen LogP contribution in [0.3, 0.4) is 0 Å². The van der Waals surface area contributed by atoms with Crippen LogP contribution in [0.1, 0.15) is 17.0 Å². The van der Waals surface area contributed by atoms with E-state index in [2.05, 4.69) is 22.0 Å². The molecule has 1 aromatic heterocycles. The van der Waals surface area contributed by atoms with Gasteiger partial charge in [-0.25, -0.2) is 0 Å². The zero-order valence-electron chi connectivity index (χ0n) is 12.4. The van der Waals surface area contributed by atoms with Crippen LogP contribution in [0.15, 0.2) is 23.4 Å². The largest absolute Gasteiger partial charge is 0.497 e. The van der Waals surface area contributed by atoms with Crippen LogP contribution in [0.5, 0.6) is 5.75 Å². The minimum Gasteiger partial charge on any atom is -0.497 e. The minimum absolute atomic E-state index is 0.348. The Morgan fingerprint density at radius 1 is 1.38 bits per heavy atom. The molecule has 6 heteroatoms. The van der Waals surface area contributed by atoms with Gasteiger partial charge in [0.25, 0.3) is 0 Å². The maximum atomic E-state index is 5.45. The van der Waals surface area contributed by atoms with Crippen LogP contribution >= 0.6 is 11.8 Å². The van der Waals surface area contributed by atoms with Crippen molar-refractivity contribution < 1.29 is 4.74 Å². The number of thioether (sulfide) groups is 1. The Morgan fingerprint density at radius 3 is 2.81 bits per heavy atom. The fraction of sp³-hybridized carbons (Fsp3) is 0.333. The molecule has 0 aliphatic carbocycles. The fourth-order valence-corrected chi connectivity index (χ4v) is 2.69. The molecule has 0 unspecified atom stereocenters. The van der Waals surface area contributed by atoms with Crippen LogP contribution in [0.25, 0.3) is 0 Å². The van der Waals surface area contributed by atoms with Gasteiger partial charge in [0.15, 0.2) is 5.16 Å². The molecule has 0 spiro atoms. The Morgan fingerprint density at radius 2 is 2.19 bits per heavy atom. The van der Waals surface area contributed by atoms with Crippen LogP contribution < -0.4 is 10.5 Å². The normalized spacial score (nSPS) is 10.1. The van der Waals surface area contributed by atoms with Gasteiger partial charge in [0.2, 0.25) is 0 Å². The Kier molecular flexibility index (Phi) is 5.26. The second-order valence-electron chi connectivity index (χ2n) is 4.41. The van der Waals surface area contributed by atoms with Gasteiger partial charge in [-0.1, -0.05) is 23.6 Å². The van der Waals surface area contributed by atoms with Gasteiger partial charge in [-0.05, 0) is 30.7 Å². The molecule has 110 valence electrons. The lowest BCUT2D eigenvalue weighted by atomic mass is 10.1. The molecule has 0 atom stereocenters. The molecule has 0 bridgehead atoms. The Labute approximate surface area is 128 Å². The van der Waals surface area contributed by atoms with E-state index in [-0.39, 0.29) is 0 Å².